The number of H-pyrrole nitrogens is 1. The SMILES string of the molecule is CC.COc1cc(OCc2ccccc2)c(C2OCCO2)c(OCc2cc(C(=O)Nc3cc(C4CCC(OC(=O)NC(C)C)C4)[nH]n3)n(C)n2)c1. The van der Waals surface area contributed by atoms with E-state index in [1.165, 1.54) is 4.68 Å². The maximum Gasteiger partial charge on any atom is 0.407 e. The van der Waals surface area contributed by atoms with Gasteiger partial charge in [0.15, 0.2) is 12.1 Å². The Bertz CT molecular complexity index is 1730. The molecule has 0 bridgehead atoms. The molecule has 1 aliphatic carbocycles. The number of hydrogen-bond acceptors (Lipinski definition) is 10. The normalized spacial score (nSPS) is 17.1. The first-order valence-electron chi connectivity index (χ1n) is 17.4. The van der Waals surface area contributed by atoms with Gasteiger partial charge in [-0.2, -0.15) is 10.2 Å². The van der Waals surface area contributed by atoms with E-state index in [0.717, 1.165) is 24.1 Å². The number of aryl methyl sites for hydroxylation is 1. The molecule has 3 N–H and O–H groups in total. The van der Waals surface area contributed by atoms with Crippen molar-refractivity contribution in [2.75, 3.05) is 25.6 Å². The van der Waals surface area contributed by atoms with E-state index >= 15 is 0 Å². The fourth-order valence-electron chi connectivity index (χ4n) is 5.93. The number of rotatable bonds is 13. The van der Waals surface area contributed by atoms with Crippen molar-refractivity contribution in [3.63, 3.8) is 0 Å². The standard InChI is InChI=1S/C35H42N6O8.C2H6/c1-21(2)36-35(43)49-25-11-10-23(14-25)27-18-31(39-38-27)37-33(42)28-15-24(40-41(28)3)20-48-30-17-26(44-4)16-29(32(30)34-45-12-13-46-34)47-19-22-8-6-5-7-9-22;1-2/h5-9,15-18,21,23,25,34H,10-14,19-20H2,1-4H3,(H,36,43)(H2,37,38,39,42);1-2H3. The number of ether oxygens (including phenoxy) is 6. The van der Waals surface area contributed by atoms with Crippen molar-refractivity contribution in [2.45, 2.75) is 84.5 Å². The fraction of sp³-hybridized carbons (Fsp3) is 0.459. The maximum atomic E-state index is 13.3. The molecule has 2 aliphatic rings. The summed E-state index contributed by atoms with van der Waals surface area (Å²) in [7, 11) is 3.26. The van der Waals surface area contributed by atoms with Gasteiger partial charge >= 0.3 is 6.09 Å². The number of aromatic amines is 1. The molecule has 0 radical (unpaired) electrons. The van der Waals surface area contributed by atoms with Gasteiger partial charge in [0.25, 0.3) is 5.91 Å². The van der Waals surface area contributed by atoms with Gasteiger partial charge in [-0.25, -0.2) is 4.79 Å². The second-order valence-corrected chi connectivity index (χ2v) is 12.3. The molecule has 2 fully saturated rings. The Morgan fingerprint density at radius 3 is 2.39 bits per heavy atom. The van der Waals surface area contributed by atoms with Crippen molar-refractivity contribution in [2.24, 2.45) is 7.05 Å². The summed E-state index contributed by atoms with van der Waals surface area (Å²) in [6.45, 7) is 9.04. The van der Waals surface area contributed by atoms with E-state index in [2.05, 4.69) is 25.9 Å². The molecule has 2 aromatic carbocycles. The highest BCUT2D eigenvalue weighted by Gasteiger charge is 2.31. The molecular weight excluding hydrogens is 656 g/mol. The Kier molecular flexibility index (Phi) is 12.9. The van der Waals surface area contributed by atoms with Crippen molar-refractivity contribution in [1.29, 1.82) is 0 Å². The van der Waals surface area contributed by atoms with Crippen molar-refractivity contribution in [1.82, 2.24) is 25.3 Å². The van der Waals surface area contributed by atoms with Crippen molar-refractivity contribution < 1.29 is 38.0 Å². The van der Waals surface area contributed by atoms with Crippen LogP contribution in [0.25, 0.3) is 0 Å². The van der Waals surface area contributed by atoms with Gasteiger partial charge < -0.3 is 39.1 Å². The predicted molar refractivity (Wildman–Crippen MR) is 189 cm³/mol. The van der Waals surface area contributed by atoms with Crippen LogP contribution in [0.2, 0.25) is 0 Å². The highest BCUT2D eigenvalue weighted by molar-refractivity contribution is 6.02. The number of carbonyl (C=O) groups is 2. The minimum absolute atomic E-state index is 0.0118. The minimum Gasteiger partial charge on any atom is -0.496 e. The van der Waals surface area contributed by atoms with Gasteiger partial charge in [0.05, 0.1) is 25.9 Å². The van der Waals surface area contributed by atoms with E-state index < -0.39 is 12.4 Å². The van der Waals surface area contributed by atoms with E-state index in [1.54, 1.807) is 32.4 Å². The first-order valence-corrected chi connectivity index (χ1v) is 17.4. The molecule has 0 spiro atoms. The monoisotopic (exact) mass is 704 g/mol. The summed E-state index contributed by atoms with van der Waals surface area (Å²) in [5.41, 5.74) is 3.34. The first-order chi connectivity index (χ1) is 24.7. The number of anilines is 1. The maximum absolute atomic E-state index is 13.3. The third-order valence-electron chi connectivity index (χ3n) is 8.29. The van der Waals surface area contributed by atoms with Crippen LogP contribution in [-0.2, 0) is 34.5 Å². The summed E-state index contributed by atoms with van der Waals surface area (Å²) in [6.07, 6.45) is 1.03. The number of methoxy groups -OCH3 is 1. The fourth-order valence-corrected chi connectivity index (χ4v) is 5.93. The van der Waals surface area contributed by atoms with E-state index in [4.69, 9.17) is 28.4 Å². The van der Waals surface area contributed by atoms with Crippen LogP contribution in [0.5, 0.6) is 17.2 Å². The van der Waals surface area contributed by atoms with Crippen molar-refractivity contribution in [3.05, 3.63) is 82.8 Å². The summed E-state index contributed by atoms with van der Waals surface area (Å²) >= 11 is 0. The molecule has 274 valence electrons. The lowest BCUT2D eigenvalue weighted by Gasteiger charge is -2.20. The van der Waals surface area contributed by atoms with E-state index in [1.807, 2.05) is 64.1 Å². The van der Waals surface area contributed by atoms with Gasteiger partial charge in [0.1, 0.15) is 48.0 Å². The Balaban J connectivity index is 0.00000248. The Labute approximate surface area is 298 Å². The van der Waals surface area contributed by atoms with E-state index in [-0.39, 0.29) is 30.6 Å². The van der Waals surface area contributed by atoms with Crippen LogP contribution < -0.4 is 24.8 Å². The summed E-state index contributed by atoms with van der Waals surface area (Å²) in [6, 6.07) is 16.9. The third kappa shape index (κ3) is 9.79. The summed E-state index contributed by atoms with van der Waals surface area (Å²) < 4.78 is 36.8. The second kappa shape index (κ2) is 17.7. The molecule has 4 aromatic rings. The summed E-state index contributed by atoms with van der Waals surface area (Å²) in [5, 5.41) is 17.4. The van der Waals surface area contributed by atoms with Crippen LogP contribution in [0.3, 0.4) is 0 Å². The molecule has 6 rings (SSSR count). The summed E-state index contributed by atoms with van der Waals surface area (Å²) in [4.78, 5) is 25.3. The quantitative estimate of drug-likeness (QED) is 0.142. The molecule has 14 heteroatoms. The van der Waals surface area contributed by atoms with Crippen molar-refractivity contribution in [3.8, 4) is 17.2 Å². The molecule has 3 heterocycles. The Morgan fingerprint density at radius 1 is 1.00 bits per heavy atom. The average molecular weight is 705 g/mol. The number of alkyl carbamates (subject to hydrolysis) is 1. The van der Waals surface area contributed by atoms with Crippen LogP contribution >= 0.6 is 0 Å². The average Bonchev–Trinajstić information content (AvgIpc) is 3.96. The molecule has 2 aromatic heterocycles. The lowest BCUT2D eigenvalue weighted by atomic mass is 10.0. The first kappa shape index (κ1) is 37.2. The molecule has 1 saturated carbocycles. The number of nitrogens with one attached hydrogen (secondary N) is 3. The number of carbonyl (C=O) groups excluding carboxylic acids is 2. The zero-order chi connectivity index (χ0) is 36.3. The van der Waals surface area contributed by atoms with E-state index in [9.17, 15) is 9.59 Å². The molecule has 1 saturated heterocycles. The number of nitrogens with zero attached hydrogens (tertiary/aromatic N) is 3. The van der Waals surface area contributed by atoms with Crippen molar-refractivity contribution >= 4 is 17.8 Å². The zero-order valence-corrected chi connectivity index (χ0v) is 30.1. The minimum atomic E-state index is -0.678. The van der Waals surface area contributed by atoms with Gasteiger partial charge in [-0.3, -0.25) is 14.6 Å². The highest BCUT2D eigenvalue weighted by Crippen LogP contribution is 2.42. The van der Waals surface area contributed by atoms with E-state index in [0.29, 0.717) is 66.3 Å². The number of amides is 2. The number of aromatic nitrogens is 4. The largest absolute Gasteiger partial charge is 0.496 e. The zero-order valence-electron chi connectivity index (χ0n) is 30.1. The predicted octanol–water partition coefficient (Wildman–Crippen LogP) is 6.40. The van der Waals surface area contributed by atoms with Gasteiger partial charge in [-0.15, -0.1) is 0 Å². The second-order valence-electron chi connectivity index (χ2n) is 12.3. The molecule has 2 amide bonds. The smallest absolute Gasteiger partial charge is 0.407 e. The lowest BCUT2D eigenvalue weighted by Crippen LogP contribution is -2.33. The van der Waals surface area contributed by atoms with Crippen LogP contribution in [-0.4, -0.2) is 64.4 Å². The number of benzene rings is 2. The van der Waals surface area contributed by atoms with Gasteiger partial charge in [0.2, 0.25) is 0 Å². The van der Waals surface area contributed by atoms with Crippen LogP contribution in [0.15, 0.2) is 54.6 Å². The van der Waals surface area contributed by atoms with Gasteiger partial charge in [-0.05, 0) is 44.7 Å². The molecule has 14 nitrogen and oxygen atoms in total. The highest BCUT2D eigenvalue weighted by atomic mass is 16.7. The number of hydrogen-bond donors (Lipinski definition) is 3. The van der Waals surface area contributed by atoms with Crippen LogP contribution in [0, 0.1) is 0 Å². The molecular formula is C37H48N6O8. The third-order valence-corrected chi connectivity index (χ3v) is 8.29. The topological polar surface area (TPSA) is 160 Å². The lowest BCUT2D eigenvalue weighted by molar-refractivity contribution is -0.0477. The summed E-state index contributed by atoms with van der Waals surface area (Å²) in [5.74, 6) is 1.67. The Hall–Kier alpha value is -5.08. The molecule has 1 aliphatic heterocycles. The van der Waals surface area contributed by atoms with Crippen LogP contribution in [0.4, 0.5) is 10.6 Å². The molecule has 51 heavy (non-hydrogen) atoms. The van der Waals surface area contributed by atoms with Gasteiger partial charge in [-0.1, -0.05) is 44.2 Å². The molecule has 2 unspecified atom stereocenters. The van der Waals surface area contributed by atoms with Crippen LogP contribution in [0.1, 0.15) is 92.2 Å². The Morgan fingerprint density at radius 2 is 1.71 bits per heavy atom. The van der Waals surface area contributed by atoms with Gasteiger partial charge in [0, 0.05) is 42.9 Å². The molecule has 2 atom stereocenters.